The second kappa shape index (κ2) is 20.8. The van der Waals surface area contributed by atoms with E-state index < -0.39 is 48.7 Å². The molecule has 3 aliphatic rings. The Kier molecular flexibility index (Phi) is 14.6. The van der Waals surface area contributed by atoms with Crippen LogP contribution in [-0.2, 0) is 28.8 Å². The number of carboxylic acids is 3. The Labute approximate surface area is 440 Å². The predicted molar refractivity (Wildman–Crippen MR) is 295 cm³/mol. The van der Waals surface area contributed by atoms with Crippen LogP contribution < -0.4 is 4.90 Å². The Morgan fingerprint density at radius 3 is 1.20 bits per heavy atom. The number of allylic oxidation sites excluding steroid dienone is 1. The summed E-state index contributed by atoms with van der Waals surface area (Å²) in [5, 5.41) is 27.7. The van der Waals surface area contributed by atoms with Gasteiger partial charge in [-0.15, -0.1) is 34.0 Å². The molecule has 1 unspecified atom stereocenters. The van der Waals surface area contributed by atoms with E-state index in [-0.39, 0.29) is 20.8 Å². The van der Waals surface area contributed by atoms with Gasteiger partial charge < -0.3 is 20.2 Å². The molecule has 6 heterocycles. The minimum absolute atomic E-state index is 0.206. The SMILES string of the molecule is O=C(O)CC1C(=O)/C(=C\c2ccc(-c3ccc(N(c4ccc(-c5ccc(/C=C6\SC(=S)N(CC(=O)O)C6=O)s5)cc4)c4ccc(-c5ccc(/C=C6/SC(=S)N(CC(=O)O)C6=O)s5)cc4)cc3)s2)SC1=S. The molecule has 1 atom stereocenters. The van der Waals surface area contributed by atoms with Gasteiger partial charge in [0.1, 0.15) is 21.7 Å². The summed E-state index contributed by atoms with van der Waals surface area (Å²) in [5.41, 5.74) is 5.51. The number of amides is 2. The van der Waals surface area contributed by atoms with E-state index >= 15 is 0 Å². The van der Waals surface area contributed by atoms with Crippen LogP contribution in [0.4, 0.5) is 17.1 Å². The maximum atomic E-state index is 13.0. The molecular formula is C49H31N3O9S9. The summed E-state index contributed by atoms with van der Waals surface area (Å²) in [7, 11) is 0. The number of anilines is 3. The molecule has 3 aromatic carbocycles. The highest BCUT2D eigenvalue weighted by molar-refractivity contribution is 8.27. The molecule has 6 aromatic rings. The van der Waals surface area contributed by atoms with Gasteiger partial charge in [-0.3, -0.25) is 38.6 Å². The van der Waals surface area contributed by atoms with Crippen LogP contribution >= 0.6 is 106 Å². The number of benzene rings is 3. The van der Waals surface area contributed by atoms with Gasteiger partial charge in [-0.2, -0.15) is 0 Å². The third-order valence-corrected chi connectivity index (χ3v) is 18.3. The molecule has 2 amide bonds. The lowest BCUT2D eigenvalue weighted by Crippen LogP contribution is -2.33. The third-order valence-electron chi connectivity index (χ3n) is 10.7. The molecule has 3 fully saturated rings. The molecule has 350 valence electrons. The standard InChI is InChI=1S/C49H31N3O9S9/c53-41(54)22-34-44(59)38(68-47(34)62)19-31-13-16-35(65-31)25-1-7-28(8-2-25)52(29-9-3-26(4-10-29)36-17-14-32(66-36)20-39-45(60)50(23-42(55)56)48(63)69-39)30-11-5-27(6-12-30)37-18-15-33(67-37)21-40-46(61)51(24-43(57)58)49(64)70-40/h1-21,34H,22-24H2,(H,53,54)(H,55,56)(H,57,58)/b38-19+,39-20-,40-21+. The Morgan fingerprint density at radius 2 is 0.857 bits per heavy atom. The largest absolute Gasteiger partial charge is 0.481 e. The molecule has 3 aliphatic heterocycles. The first-order chi connectivity index (χ1) is 33.6. The number of carboxylic acid groups (broad SMARTS) is 3. The first-order valence-corrected chi connectivity index (χ1v) is 26.8. The number of thiophene rings is 3. The number of thiocarbonyl (C=S) groups is 3. The van der Waals surface area contributed by atoms with Crippen molar-refractivity contribution < 1.29 is 44.1 Å². The van der Waals surface area contributed by atoms with Crippen LogP contribution in [0.15, 0.2) is 124 Å². The highest BCUT2D eigenvalue weighted by Crippen LogP contribution is 2.43. The van der Waals surface area contributed by atoms with Crippen LogP contribution in [-0.4, -0.2) is 86.6 Å². The van der Waals surface area contributed by atoms with Crippen molar-refractivity contribution in [2.45, 2.75) is 6.42 Å². The van der Waals surface area contributed by atoms with Gasteiger partial charge in [-0.05, 0) is 108 Å². The Bertz CT molecular complexity index is 2950. The fourth-order valence-corrected chi connectivity index (χ4v) is 14.4. The zero-order valence-electron chi connectivity index (χ0n) is 35.6. The van der Waals surface area contributed by atoms with Crippen molar-refractivity contribution in [3.8, 4) is 31.3 Å². The van der Waals surface area contributed by atoms with Gasteiger partial charge in [0.15, 0.2) is 5.78 Å². The van der Waals surface area contributed by atoms with E-state index in [1.165, 1.54) is 34.0 Å². The van der Waals surface area contributed by atoms with Crippen LogP contribution in [0.3, 0.4) is 0 Å². The fraction of sp³-hybridized carbons (Fsp3) is 0.0816. The molecule has 3 N–H and O–H groups in total. The van der Waals surface area contributed by atoms with Gasteiger partial charge in [0.2, 0.25) is 0 Å². The summed E-state index contributed by atoms with van der Waals surface area (Å²) >= 11 is 23.7. The first-order valence-electron chi connectivity index (χ1n) is 20.6. The van der Waals surface area contributed by atoms with E-state index in [0.717, 1.165) is 108 Å². The molecule has 70 heavy (non-hydrogen) atoms. The molecular weight excluding hydrogens is 1060 g/mol. The molecule has 3 aromatic heterocycles. The van der Waals surface area contributed by atoms with E-state index in [1.54, 1.807) is 18.2 Å². The number of thioether (sulfide) groups is 3. The van der Waals surface area contributed by atoms with Gasteiger partial charge in [0.25, 0.3) is 11.8 Å². The van der Waals surface area contributed by atoms with E-state index in [1.807, 2.05) is 109 Å². The number of Topliss-reactive ketones (excluding diaryl/α,β-unsaturated/α-hetero) is 1. The highest BCUT2D eigenvalue weighted by Gasteiger charge is 2.37. The highest BCUT2D eigenvalue weighted by atomic mass is 32.2. The van der Waals surface area contributed by atoms with Gasteiger partial charge in [0, 0.05) is 46.3 Å². The second-order valence-electron chi connectivity index (χ2n) is 15.3. The zero-order chi connectivity index (χ0) is 49.4. The van der Waals surface area contributed by atoms with Crippen molar-refractivity contribution in [1.29, 1.82) is 0 Å². The molecule has 21 heteroatoms. The summed E-state index contributed by atoms with van der Waals surface area (Å²) in [6.45, 7) is -0.980. The quantitative estimate of drug-likeness (QED) is 0.0654. The van der Waals surface area contributed by atoms with Crippen LogP contribution in [0.25, 0.3) is 49.5 Å². The molecule has 0 aliphatic carbocycles. The molecule has 0 saturated carbocycles. The van der Waals surface area contributed by atoms with Gasteiger partial charge in [-0.25, -0.2) is 0 Å². The molecule has 0 radical (unpaired) electrons. The summed E-state index contributed by atoms with van der Waals surface area (Å²) in [6, 6.07) is 36.1. The van der Waals surface area contributed by atoms with Crippen LogP contribution in [0.5, 0.6) is 0 Å². The lowest BCUT2D eigenvalue weighted by atomic mass is 10.0. The maximum absolute atomic E-state index is 13.0. The van der Waals surface area contributed by atoms with Crippen LogP contribution in [0, 0.1) is 5.92 Å². The van der Waals surface area contributed by atoms with Crippen molar-refractivity contribution in [2.24, 2.45) is 5.92 Å². The normalized spacial score (nSPS) is 17.8. The van der Waals surface area contributed by atoms with Crippen LogP contribution in [0.2, 0.25) is 0 Å². The third kappa shape index (κ3) is 10.7. The van der Waals surface area contributed by atoms with Gasteiger partial charge in [-0.1, -0.05) is 108 Å². The van der Waals surface area contributed by atoms with Gasteiger partial charge in [0.05, 0.1) is 31.3 Å². The molecule has 9 rings (SSSR count). The van der Waals surface area contributed by atoms with E-state index in [2.05, 4.69) is 4.90 Å². The van der Waals surface area contributed by atoms with Crippen molar-refractivity contribution in [3.05, 3.63) is 139 Å². The van der Waals surface area contributed by atoms with E-state index in [0.29, 0.717) is 18.9 Å². The molecule has 0 bridgehead atoms. The summed E-state index contributed by atoms with van der Waals surface area (Å²) < 4.78 is 0.784. The monoisotopic (exact) mass is 1090 g/mol. The predicted octanol–water partition coefficient (Wildman–Crippen LogP) is 12.0. The molecule has 0 spiro atoms. The van der Waals surface area contributed by atoms with Crippen molar-refractivity contribution in [1.82, 2.24) is 9.80 Å². The number of carbonyl (C=O) groups excluding carboxylic acids is 3. The molecule has 3 saturated heterocycles. The number of ketones is 1. The topological polar surface area (TPSA) is 173 Å². The van der Waals surface area contributed by atoms with Gasteiger partial charge >= 0.3 is 17.9 Å². The fourth-order valence-electron chi connectivity index (χ4n) is 7.42. The summed E-state index contributed by atoms with van der Waals surface area (Å²) in [4.78, 5) is 83.5. The van der Waals surface area contributed by atoms with Crippen molar-refractivity contribution in [3.63, 3.8) is 0 Å². The van der Waals surface area contributed by atoms with E-state index in [4.69, 9.17) is 36.7 Å². The van der Waals surface area contributed by atoms with Crippen LogP contribution in [0.1, 0.15) is 21.1 Å². The minimum atomic E-state index is -1.14. The van der Waals surface area contributed by atoms with Crippen molar-refractivity contribution in [2.75, 3.05) is 18.0 Å². The number of hydrogen-bond donors (Lipinski definition) is 3. The summed E-state index contributed by atoms with van der Waals surface area (Å²) in [5.74, 6) is -5.29. The Hall–Kier alpha value is -5.88. The Morgan fingerprint density at radius 1 is 0.500 bits per heavy atom. The first kappa shape index (κ1) is 49.1. The molecule has 12 nitrogen and oxygen atoms in total. The second-order valence-corrected chi connectivity index (χ2v) is 23.8. The lowest BCUT2D eigenvalue weighted by molar-refractivity contribution is -0.140. The lowest BCUT2D eigenvalue weighted by Gasteiger charge is -2.26. The maximum Gasteiger partial charge on any atom is 0.323 e. The smallest absolute Gasteiger partial charge is 0.323 e. The zero-order valence-corrected chi connectivity index (χ0v) is 43.0. The summed E-state index contributed by atoms with van der Waals surface area (Å²) in [6.07, 6.45) is 4.91. The number of aliphatic carboxylic acids is 3. The average Bonchev–Trinajstić information content (AvgIpc) is 4.21. The minimum Gasteiger partial charge on any atom is -0.481 e. The number of hydrogen-bond acceptors (Lipinski definition) is 16. The van der Waals surface area contributed by atoms with Crippen molar-refractivity contribution >= 4 is 190 Å². The van der Waals surface area contributed by atoms with E-state index in [9.17, 15) is 44.1 Å². The number of nitrogens with zero attached hydrogens (tertiary/aromatic N) is 3. The average molecular weight is 1090 g/mol. The Balaban J connectivity index is 0.981. The number of carbonyl (C=O) groups is 6. The number of rotatable bonds is 15.